The Labute approximate surface area is 223 Å². The van der Waals surface area contributed by atoms with Gasteiger partial charge < -0.3 is 24.8 Å². The van der Waals surface area contributed by atoms with E-state index in [1.54, 1.807) is 0 Å². The molecule has 0 spiro atoms. The maximum absolute atomic E-state index is 9.10. The Kier molecular flexibility index (Phi) is 11.7. The van der Waals surface area contributed by atoms with E-state index in [2.05, 4.69) is 76.3 Å². The number of hydrogen-bond acceptors (Lipinski definition) is 9. The first-order valence-electron chi connectivity index (χ1n) is 11.8. The van der Waals surface area contributed by atoms with E-state index < -0.39 is 23.9 Å². The van der Waals surface area contributed by atoms with Crippen LogP contribution in [-0.2, 0) is 25.7 Å². The van der Waals surface area contributed by atoms with Crippen LogP contribution in [0.4, 0.5) is 0 Å². The fourth-order valence-electron chi connectivity index (χ4n) is 3.52. The van der Waals surface area contributed by atoms with Gasteiger partial charge in [0.1, 0.15) is 0 Å². The maximum atomic E-state index is 9.10. The van der Waals surface area contributed by atoms with Crippen molar-refractivity contribution in [3.05, 3.63) is 71.6 Å². The summed E-state index contributed by atoms with van der Waals surface area (Å²) in [7, 11) is 0. The average molecular weight is 543 g/mol. The summed E-state index contributed by atoms with van der Waals surface area (Å²) in [4.78, 5) is 41.3. The zero-order chi connectivity index (χ0) is 28.9. The molecule has 0 aliphatic carbocycles. The normalized spacial score (nSPS) is 14.1. The highest BCUT2D eigenvalue weighted by Crippen LogP contribution is 2.25. The summed E-state index contributed by atoms with van der Waals surface area (Å²) in [5, 5.41) is 38.1. The van der Waals surface area contributed by atoms with Crippen molar-refractivity contribution >= 4 is 23.9 Å². The van der Waals surface area contributed by atoms with Crippen molar-refractivity contribution < 1.29 is 44.0 Å². The number of carbonyl (C=O) groups is 4. The molecule has 2 aromatic carbocycles. The van der Waals surface area contributed by atoms with Crippen LogP contribution in [0.15, 0.2) is 59.0 Å². The average Bonchev–Trinajstić information content (AvgIpc) is 3.41. The highest BCUT2D eigenvalue weighted by molar-refractivity contribution is 6.27. The number of nitrogens with zero attached hydrogens (tertiary/aromatic N) is 4. The van der Waals surface area contributed by atoms with Crippen LogP contribution < -0.4 is 0 Å². The summed E-state index contributed by atoms with van der Waals surface area (Å²) in [6.07, 6.45) is 0. The smallest absolute Gasteiger partial charge is 0.414 e. The molecule has 3 aromatic rings. The van der Waals surface area contributed by atoms with Gasteiger partial charge in [-0.3, -0.25) is 9.80 Å². The van der Waals surface area contributed by atoms with Crippen molar-refractivity contribution in [1.82, 2.24) is 20.0 Å². The predicted molar refractivity (Wildman–Crippen MR) is 137 cm³/mol. The quantitative estimate of drug-likeness (QED) is 0.343. The van der Waals surface area contributed by atoms with Crippen LogP contribution in [0, 0.1) is 6.92 Å². The van der Waals surface area contributed by atoms with Crippen molar-refractivity contribution in [3.63, 3.8) is 0 Å². The van der Waals surface area contributed by atoms with Crippen molar-refractivity contribution in [2.45, 2.75) is 26.4 Å². The zero-order valence-corrected chi connectivity index (χ0v) is 21.4. The van der Waals surface area contributed by atoms with Gasteiger partial charge in [0.2, 0.25) is 11.8 Å². The molecule has 13 nitrogen and oxygen atoms in total. The third kappa shape index (κ3) is 10.3. The summed E-state index contributed by atoms with van der Waals surface area (Å²) in [5.74, 6) is -6.00. The number of carboxylic acids is 4. The molecular formula is C26H30N4O9. The molecule has 0 bridgehead atoms. The zero-order valence-electron chi connectivity index (χ0n) is 21.4. The summed E-state index contributed by atoms with van der Waals surface area (Å²) < 4.78 is 5.97. The number of aryl methyl sites for hydroxylation is 1. The minimum atomic E-state index is -1.82. The molecule has 13 heteroatoms. The molecule has 0 amide bonds. The second-order valence-corrected chi connectivity index (χ2v) is 8.51. The van der Waals surface area contributed by atoms with Gasteiger partial charge in [0.25, 0.3) is 0 Å². The Hall–Kier alpha value is -4.62. The maximum Gasteiger partial charge on any atom is 0.414 e. The lowest BCUT2D eigenvalue weighted by Crippen LogP contribution is -2.46. The summed E-state index contributed by atoms with van der Waals surface area (Å²) in [6.45, 7) is 9.37. The van der Waals surface area contributed by atoms with Gasteiger partial charge in [-0.1, -0.05) is 48.0 Å². The molecule has 208 valence electrons. The monoisotopic (exact) mass is 542 g/mol. The molecule has 1 aromatic heterocycles. The molecule has 1 atom stereocenters. The minimum absolute atomic E-state index is 0.135. The third-order valence-corrected chi connectivity index (χ3v) is 5.67. The van der Waals surface area contributed by atoms with Gasteiger partial charge in [0.05, 0.1) is 6.04 Å². The summed E-state index contributed by atoms with van der Waals surface area (Å²) >= 11 is 0. The molecule has 1 fully saturated rings. The second-order valence-electron chi connectivity index (χ2n) is 8.51. The fourth-order valence-corrected chi connectivity index (χ4v) is 3.52. The third-order valence-electron chi connectivity index (χ3n) is 5.67. The Morgan fingerprint density at radius 1 is 0.795 bits per heavy atom. The molecule has 1 saturated heterocycles. The highest BCUT2D eigenvalue weighted by Gasteiger charge is 2.25. The van der Waals surface area contributed by atoms with Crippen molar-refractivity contribution in [2.24, 2.45) is 0 Å². The number of hydrogen-bond donors (Lipinski definition) is 4. The van der Waals surface area contributed by atoms with Crippen LogP contribution in [0.2, 0.25) is 0 Å². The first-order valence-corrected chi connectivity index (χ1v) is 11.8. The van der Waals surface area contributed by atoms with Gasteiger partial charge in [-0.15, -0.1) is 10.2 Å². The van der Waals surface area contributed by atoms with E-state index in [-0.39, 0.29) is 6.04 Å². The van der Waals surface area contributed by atoms with Crippen molar-refractivity contribution in [3.8, 4) is 11.5 Å². The van der Waals surface area contributed by atoms with Crippen LogP contribution in [0.25, 0.3) is 11.5 Å². The molecule has 0 saturated carbocycles. The highest BCUT2D eigenvalue weighted by atomic mass is 16.4. The number of aliphatic carboxylic acids is 4. The van der Waals surface area contributed by atoms with E-state index in [9.17, 15) is 0 Å². The molecule has 39 heavy (non-hydrogen) atoms. The molecule has 2 heterocycles. The molecule has 4 N–H and O–H groups in total. The first kappa shape index (κ1) is 30.6. The first-order chi connectivity index (χ1) is 18.5. The van der Waals surface area contributed by atoms with Gasteiger partial charge in [0, 0.05) is 38.3 Å². The largest absolute Gasteiger partial charge is 0.473 e. The van der Waals surface area contributed by atoms with E-state index in [0.29, 0.717) is 11.8 Å². The molecule has 1 aliphatic rings. The van der Waals surface area contributed by atoms with Gasteiger partial charge in [-0.25, -0.2) is 19.2 Å². The van der Waals surface area contributed by atoms with Gasteiger partial charge in [-0.2, -0.15) is 0 Å². The van der Waals surface area contributed by atoms with Crippen molar-refractivity contribution in [1.29, 1.82) is 0 Å². The molecule has 0 radical (unpaired) electrons. The standard InChI is InChI=1S/C22H26N4O.2C2H2O4/c1-17-8-10-20(11-9-17)22-24-23-21(27-22)18(2)26-14-12-25(13-15-26)16-19-6-4-3-5-7-19;2*3-1(4)2(5)6/h3-11,18H,12-16H2,1-2H3;2*(H,3,4)(H,5,6). The lowest BCUT2D eigenvalue weighted by Gasteiger charge is -2.36. The van der Waals surface area contributed by atoms with E-state index in [1.165, 1.54) is 11.1 Å². The number of aromatic nitrogens is 2. The van der Waals surface area contributed by atoms with Crippen LogP contribution in [0.5, 0.6) is 0 Å². The molecule has 4 rings (SSSR count). The van der Waals surface area contributed by atoms with Gasteiger partial charge in [-0.05, 0) is 31.5 Å². The van der Waals surface area contributed by atoms with E-state index in [1.807, 2.05) is 12.1 Å². The van der Waals surface area contributed by atoms with E-state index in [4.69, 9.17) is 44.0 Å². The lowest BCUT2D eigenvalue weighted by molar-refractivity contribution is -0.159. The van der Waals surface area contributed by atoms with Crippen LogP contribution in [0.3, 0.4) is 0 Å². The number of carboxylic acid groups (broad SMARTS) is 4. The summed E-state index contributed by atoms with van der Waals surface area (Å²) in [5.41, 5.74) is 3.57. The molecule has 1 aliphatic heterocycles. The predicted octanol–water partition coefficient (Wildman–Crippen LogP) is 2.24. The Bertz CT molecular complexity index is 1190. The van der Waals surface area contributed by atoms with Crippen LogP contribution in [-0.4, -0.2) is 90.5 Å². The number of benzene rings is 2. The van der Waals surface area contributed by atoms with Gasteiger partial charge >= 0.3 is 23.9 Å². The van der Waals surface area contributed by atoms with Crippen LogP contribution in [0.1, 0.15) is 30.0 Å². The lowest BCUT2D eigenvalue weighted by atomic mass is 10.1. The Morgan fingerprint density at radius 2 is 1.31 bits per heavy atom. The number of rotatable bonds is 5. The minimum Gasteiger partial charge on any atom is -0.473 e. The SMILES string of the molecule is Cc1ccc(-c2nnc(C(C)N3CCN(Cc4ccccc4)CC3)o2)cc1.O=C(O)C(=O)O.O=C(O)C(=O)O. The second kappa shape index (κ2) is 15.0. The fraction of sp³-hybridized carbons (Fsp3) is 0.308. The summed E-state index contributed by atoms with van der Waals surface area (Å²) in [6, 6.07) is 19.0. The van der Waals surface area contributed by atoms with Crippen molar-refractivity contribution in [2.75, 3.05) is 26.2 Å². The number of piperazine rings is 1. The Balaban J connectivity index is 0.000000374. The molecular weight excluding hydrogens is 512 g/mol. The molecule has 1 unspecified atom stereocenters. The van der Waals surface area contributed by atoms with E-state index in [0.717, 1.165) is 38.3 Å². The Morgan fingerprint density at radius 3 is 1.79 bits per heavy atom. The topological polar surface area (TPSA) is 195 Å². The van der Waals surface area contributed by atoms with Crippen LogP contribution >= 0.6 is 0 Å². The van der Waals surface area contributed by atoms with E-state index >= 15 is 0 Å². The van der Waals surface area contributed by atoms with Gasteiger partial charge in [0.15, 0.2) is 0 Å².